The molecule has 0 bridgehead atoms. The molecule has 1 heterocycles. The lowest BCUT2D eigenvalue weighted by molar-refractivity contribution is -0.132. The zero-order valence-electron chi connectivity index (χ0n) is 14.2. The van der Waals surface area contributed by atoms with Crippen LogP contribution < -0.4 is 0 Å². The molecule has 2 nitrogen and oxygen atoms in total. The van der Waals surface area contributed by atoms with E-state index in [2.05, 4.69) is 31.2 Å². The Labute approximate surface area is 143 Å². The first-order valence-electron chi connectivity index (χ1n) is 8.80. The molecule has 3 rings (SSSR count). The van der Waals surface area contributed by atoms with E-state index in [-0.39, 0.29) is 17.8 Å². The Morgan fingerprint density at radius 3 is 2.42 bits per heavy atom. The van der Waals surface area contributed by atoms with Crippen molar-refractivity contribution in [2.75, 3.05) is 6.54 Å². The summed E-state index contributed by atoms with van der Waals surface area (Å²) in [6, 6.07) is 15.2. The van der Waals surface area contributed by atoms with E-state index in [0.29, 0.717) is 6.42 Å². The lowest BCUT2D eigenvalue weighted by Crippen LogP contribution is -2.30. The van der Waals surface area contributed by atoms with Gasteiger partial charge in [0.25, 0.3) is 0 Å². The van der Waals surface area contributed by atoms with Crippen LogP contribution in [0.4, 0.5) is 4.39 Å². The van der Waals surface area contributed by atoms with Crippen molar-refractivity contribution in [2.24, 2.45) is 0 Å². The molecule has 1 unspecified atom stereocenters. The minimum atomic E-state index is -0.231. The largest absolute Gasteiger partial charge is 0.336 e. The Hall–Kier alpha value is -2.16. The van der Waals surface area contributed by atoms with Crippen LogP contribution in [-0.2, 0) is 17.6 Å². The summed E-state index contributed by atoms with van der Waals surface area (Å²) in [4.78, 5) is 14.6. The molecule has 2 aromatic rings. The van der Waals surface area contributed by atoms with Gasteiger partial charge in [-0.3, -0.25) is 4.79 Å². The van der Waals surface area contributed by atoms with Crippen LogP contribution in [0.5, 0.6) is 0 Å². The van der Waals surface area contributed by atoms with Gasteiger partial charge in [0.1, 0.15) is 5.82 Å². The highest BCUT2D eigenvalue weighted by molar-refractivity contribution is 5.77. The van der Waals surface area contributed by atoms with Gasteiger partial charge < -0.3 is 4.90 Å². The van der Waals surface area contributed by atoms with E-state index in [4.69, 9.17) is 0 Å². The number of aryl methyl sites for hydroxylation is 2. The fraction of sp³-hybridized carbons (Fsp3) is 0.381. The van der Waals surface area contributed by atoms with Crippen molar-refractivity contribution in [1.82, 2.24) is 4.90 Å². The van der Waals surface area contributed by atoms with E-state index in [9.17, 15) is 9.18 Å². The SMILES string of the molecule is CCc1ccc(CCC(=O)N2CCCC2c2ccc(F)cc2)cc1. The Balaban J connectivity index is 1.61. The molecule has 0 N–H and O–H groups in total. The third-order valence-electron chi connectivity index (χ3n) is 4.89. The molecule has 3 heteroatoms. The van der Waals surface area contributed by atoms with E-state index < -0.39 is 0 Å². The van der Waals surface area contributed by atoms with Gasteiger partial charge in [0.05, 0.1) is 6.04 Å². The molecule has 2 aromatic carbocycles. The van der Waals surface area contributed by atoms with E-state index >= 15 is 0 Å². The maximum absolute atomic E-state index is 13.1. The number of carbonyl (C=O) groups is 1. The molecule has 0 aromatic heterocycles. The van der Waals surface area contributed by atoms with Crippen molar-refractivity contribution in [2.45, 2.75) is 45.1 Å². The molecule has 0 saturated carbocycles. The van der Waals surface area contributed by atoms with Gasteiger partial charge in [-0.2, -0.15) is 0 Å². The van der Waals surface area contributed by atoms with Crippen LogP contribution in [0, 0.1) is 5.82 Å². The summed E-state index contributed by atoms with van der Waals surface area (Å²) in [7, 11) is 0. The molecule has 1 saturated heterocycles. The van der Waals surface area contributed by atoms with Crippen molar-refractivity contribution in [3.63, 3.8) is 0 Å². The van der Waals surface area contributed by atoms with Crippen LogP contribution in [0.2, 0.25) is 0 Å². The Morgan fingerprint density at radius 2 is 1.75 bits per heavy atom. The van der Waals surface area contributed by atoms with Crippen molar-refractivity contribution < 1.29 is 9.18 Å². The van der Waals surface area contributed by atoms with Gasteiger partial charge in [-0.05, 0) is 54.5 Å². The second-order valence-electron chi connectivity index (χ2n) is 6.47. The highest BCUT2D eigenvalue weighted by Crippen LogP contribution is 2.32. The Kier molecular flexibility index (Phi) is 5.29. The molecule has 1 aliphatic rings. The molecule has 1 atom stereocenters. The number of likely N-dealkylation sites (tertiary alicyclic amines) is 1. The van der Waals surface area contributed by atoms with Crippen LogP contribution in [0.25, 0.3) is 0 Å². The summed E-state index contributed by atoms with van der Waals surface area (Å²) in [5.41, 5.74) is 3.56. The minimum absolute atomic E-state index is 0.0977. The molecule has 0 radical (unpaired) electrons. The van der Waals surface area contributed by atoms with E-state index in [1.54, 1.807) is 12.1 Å². The molecule has 1 aliphatic heterocycles. The van der Waals surface area contributed by atoms with Crippen molar-refractivity contribution >= 4 is 5.91 Å². The fourth-order valence-electron chi connectivity index (χ4n) is 3.43. The number of amides is 1. The van der Waals surface area contributed by atoms with Gasteiger partial charge in [-0.25, -0.2) is 4.39 Å². The van der Waals surface area contributed by atoms with Crippen molar-refractivity contribution in [3.8, 4) is 0 Å². The summed E-state index contributed by atoms with van der Waals surface area (Å²) in [5.74, 6) is -0.0356. The maximum Gasteiger partial charge on any atom is 0.223 e. The van der Waals surface area contributed by atoms with Gasteiger partial charge >= 0.3 is 0 Å². The van der Waals surface area contributed by atoms with Crippen LogP contribution in [-0.4, -0.2) is 17.4 Å². The van der Waals surface area contributed by atoms with Crippen LogP contribution in [0.15, 0.2) is 48.5 Å². The lowest BCUT2D eigenvalue weighted by atomic mass is 10.0. The van der Waals surface area contributed by atoms with E-state index in [1.807, 2.05) is 4.90 Å². The average Bonchev–Trinajstić information content (AvgIpc) is 3.10. The van der Waals surface area contributed by atoms with Crippen molar-refractivity contribution in [1.29, 1.82) is 0 Å². The monoisotopic (exact) mass is 325 g/mol. The van der Waals surface area contributed by atoms with Crippen LogP contribution in [0.3, 0.4) is 0 Å². The maximum atomic E-state index is 13.1. The standard InChI is InChI=1S/C21H24FNO/c1-2-16-5-7-17(8-6-16)9-14-21(24)23-15-3-4-20(23)18-10-12-19(22)13-11-18/h5-8,10-13,20H,2-4,9,14-15H2,1H3. The third-order valence-corrected chi connectivity index (χ3v) is 4.89. The first-order valence-corrected chi connectivity index (χ1v) is 8.80. The van der Waals surface area contributed by atoms with E-state index in [1.165, 1.54) is 23.3 Å². The number of halogens is 1. The topological polar surface area (TPSA) is 20.3 Å². The number of hydrogen-bond donors (Lipinski definition) is 0. The number of hydrogen-bond acceptors (Lipinski definition) is 1. The Morgan fingerprint density at radius 1 is 1.08 bits per heavy atom. The highest BCUT2D eigenvalue weighted by atomic mass is 19.1. The fourth-order valence-corrected chi connectivity index (χ4v) is 3.43. The Bertz CT molecular complexity index is 678. The number of nitrogens with zero attached hydrogens (tertiary/aromatic N) is 1. The van der Waals surface area contributed by atoms with Crippen LogP contribution in [0.1, 0.15) is 48.9 Å². The second-order valence-corrected chi connectivity index (χ2v) is 6.47. The van der Waals surface area contributed by atoms with Gasteiger partial charge in [0.15, 0.2) is 0 Å². The summed E-state index contributed by atoms with van der Waals surface area (Å²) in [6.45, 7) is 2.94. The van der Waals surface area contributed by atoms with Gasteiger partial charge in [0, 0.05) is 13.0 Å². The summed E-state index contributed by atoms with van der Waals surface area (Å²) in [6.07, 6.45) is 4.31. The molecular formula is C21H24FNO. The number of benzene rings is 2. The first kappa shape index (κ1) is 16.7. The summed E-state index contributed by atoms with van der Waals surface area (Å²) < 4.78 is 13.1. The first-order chi connectivity index (χ1) is 11.7. The molecule has 1 amide bonds. The molecule has 0 spiro atoms. The predicted octanol–water partition coefficient (Wildman–Crippen LogP) is 4.68. The van der Waals surface area contributed by atoms with Gasteiger partial charge in [0.2, 0.25) is 5.91 Å². The van der Waals surface area contributed by atoms with Crippen molar-refractivity contribution in [3.05, 3.63) is 71.0 Å². The predicted molar refractivity (Wildman–Crippen MR) is 94.2 cm³/mol. The molecule has 0 aliphatic carbocycles. The molecule has 24 heavy (non-hydrogen) atoms. The normalized spacial score (nSPS) is 17.2. The number of rotatable bonds is 5. The molecule has 126 valence electrons. The third kappa shape index (κ3) is 3.84. The zero-order valence-corrected chi connectivity index (χ0v) is 14.2. The molecule has 1 fully saturated rings. The zero-order chi connectivity index (χ0) is 16.9. The average molecular weight is 325 g/mol. The van der Waals surface area contributed by atoms with Gasteiger partial charge in [-0.1, -0.05) is 43.3 Å². The number of carbonyl (C=O) groups excluding carboxylic acids is 1. The highest BCUT2D eigenvalue weighted by Gasteiger charge is 2.29. The minimum Gasteiger partial charge on any atom is -0.336 e. The van der Waals surface area contributed by atoms with Crippen LogP contribution >= 0.6 is 0 Å². The second kappa shape index (κ2) is 7.61. The lowest BCUT2D eigenvalue weighted by Gasteiger charge is -2.25. The van der Waals surface area contributed by atoms with E-state index in [0.717, 1.165) is 37.8 Å². The summed E-state index contributed by atoms with van der Waals surface area (Å²) >= 11 is 0. The smallest absolute Gasteiger partial charge is 0.223 e. The summed E-state index contributed by atoms with van der Waals surface area (Å²) in [5, 5.41) is 0. The van der Waals surface area contributed by atoms with Gasteiger partial charge in [-0.15, -0.1) is 0 Å². The molecular weight excluding hydrogens is 301 g/mol. The quantitative estimate of drug-likeness (QED) is 0.781.